The van der Waals surface area contributed by atoms with Crippen LogP contribution in [-0.4, -0.2) is 17.5 Å². The summed E-state index contributed by atoms with van der Waals surface area (Å²) in [5.41, 5.74) is 0.400. The fourth-order valence-electron chi connectivity index (χ4n) is 2.91. The zero-order valence-corrected chi connectivity index (χ0v) is 17.5. The first-order valence-corrected chi connectivity index (χ1v) is 10.2. The van der Waals surface area contributed by atoms with E-state index in [1.165, 1.54) is 25.7 Å². The largest absolute Gasteiger partial charge is 0.461 e. The van der Waals surface area contributed by atoms with Crippen molar-refractivity contribution in [3.63, 3.8) is 0 Å². The van der Waals surface area contributed by atoms with Crippen molar-refractivity contribution >= 4 is 11.9 Å². The van der Waals surface area contributed by atoms with Crippen molar-refractivity contribution in [2.45, 2.75) is 91.3 Å². The summed E-state index contributed by atoms with van der Waals surface area (Å²) in [7, 11) is 0. The molecule has 1 aromatic carbocycles. The molecule has 0 fully saturated rings. The van der Waals surface area contributed by atoms with Gasteiger partial charge in [0.05, 0.1) is 12.3 Å². The van der Waals surface area contributed by atoms with Gasteiger partial charge in [-0.05, 0) is 32.8 Å². The van der Waals surface area contributed by atoms with Gasteiger partial charge >= 0.3 is 11.9 Å². The Hall–Kier alpha value is -1.84. The molecule has 0 N–H and O–H groups in total. The molecular formula is C23H36O4. The van der Waals surface area contributed by atoms with E-state index in [0.717, 1.165) is 18.4 Å². The number of carbonyl (C=O) groups is 2. The smallest absolute Gasteiger partial charge is 0.309 e. The van der Waals surface area contributed by atoms with Crippen molar-refractivity contribution in [3.8, 4) is 0 Å². The lowest BCUT2D eigenvalue weighted by molar-refractivity contribution is -0.162. The minimum absolute atomic E-state index is 0.0832. The first kappa shape index (κ1) is 23.2. The van der Waals surface area contributed by atoms with Gasteiger partial charge in [0.25, 0.3) is 0 Å². The van der Waals surface area contributed by atoms with Gasteiger partial charge in [-0.3, -0.25) is 9.59 Å². The summed E-state index contributed by atoms with van der Waals surface area (Å²) >= 11 is 0. The predicted molar refractivity (Wildman–Crippen MR) is 108 cm³/mol. The molecule has 0 saturated carbocycles. The monoisotopic (exact) mass is 376 g/mol. The lowest BCUT2D eigenvalue weighted by Gasteiger charge is -2.22. The quantitative estimate of drug-likeness (QED) is 0.340. The third-order valence-corrected chi connectivity index (χ3v) is 4.30. The first-order chi connectivity index (χ1) is 12.8. The maximum absolute atomic E-state index is 12.6. The topological polar surface area (TPSA) is 52.6 Å². The molecule has 1 aromatic rings. The summed E-state index contributed by atoms with van der Waals surface area (Å²) < 4.78 is 10.9. The summed E-state index contributed by atoms with van der Waals surface area (Å²) in [5.74, 6) is -1.08. The van der Waals surface area contributed by atoms with Crippen molar-refractivity contribution in [1.82, 2.24) is 0 Å². The normalized spacial score (nSPS) is 12.4. The molecule has 0 bridgehead atoms. The van der Waals surface area contributed by atoms with Crippen molar-refractivity contribution in [1.29, 1.82) is 0 Å². The molecule has 152 valence electrons. The number of carbonyl (C=O) groups excluding carboxylic acids is 2. The molecule has 0 aliphatic carbocycles. The van der Waals surface area contributed by atoms with E-state index in [-0.39, 0.29) is 25.0 Å². The van der Waals surface area contributed by atoms with Crippen LogP contribution >= 0.6 is 0 Å². The standard InChI is InChI=1S/C23H36O4/c1-5-6-7-8-9-13-16-20(17-21(24)27-23(2,3)4)22(25)26-18-19-14-11-10-12-15-19/h10-12,14-15,20H,5-9,13,16-18H2,1-4H3/t20-/m1/s1. The van der Waals surface area contributed by atoms with Crippen LogP contribution in [0.1, 0.15) is 84.6 Å². The number of unbranched alkanes of at least 4 members (excludes halogenated alkanes) is 5. The third-order valence-electron chi connectivity index (χ3n) is 4.30. The SMILES string of the molecule is CCCCCCCC[C@H](CC(=O)OC(C)(C)C)C(=O)OCc1ccccc1. The molecule has 4 nitrogen and oxygen atoms in total. The number of benzene rings is 1. The number of rotatable bonds is 12. The Kier molecular flexibility index (Phi) is 10.8. The molecule has 0 heterocycles. The Morgan fingerprint density at radius 3 is 2.22 bits per heavy atom. The maximum atomic E-state index is 12.6. The molecule has 0 amide bonds. The molecule has 0 aliphatic heterocycles. The minimum Gasteiger partial charge on any atom is -0.461 e. The van der Waals surface area contributed by atoms with Crippen LogP contribution in [0.5, 0.6) is 0 Å². The summed E-state index contributed by atoms with van der Waals surface area (Å²) in [5, 5.41) is 0. The predicted octanol–water partition coefficient (Wildman–Crippen LogP) is 5.83. The van der Waals surface area contributed by atoms with Crippen LogP contribution < -0.4 is 0 Å². The number of hydrogen-bond donors (Lipinski definition) is 0. The zero-order chi connectivity index (χ0) is 20.1. The molecule has 0 aromatic heterocycles. The highest BCUT2D eigenvalue weighted by Gasteiger charge is 2.26. The van der Waals surface area contributed by atoms with E-state index in [1.54, 1.807) is 0 Å². The van der Waals surface area contributed by atoms with Crippen molar-refractivity contribution in [3.05, 3.63) is 35.9 Å². The molecule has 1 atom stereocenters. The van der Waals surface area contributed by atoms with E-state index in [0.29, 0.717) is 6.42 Å². The first-order valence-electron chi connectivity index (χ1n) is 10.2. The van der Waals surface area contributed by atoms with Crippen LogP contribution in [0, 0.1) is 5.92 Å². The van der Waals surface area contributed by atoms with E-state index in [9.17, 15) is 9.59 Å². The van der Waals surface area contributed by atoms with Gasteiger partial charge in [0, 0.05) is 0 Å². The lowest BCUT2D eigenvalue weighted by Crippen LogP contribution is -2.28. The van der Waals surface area contributed by atoms with Gasteiger partial charge in [-0.1, -0.05) is 75.8 Å². The van der Waals surface area contributed by atoms with Gasteiger partial charge in [-0.15, -0.1) is 0 Å². The van der Waals surface area contributed by atoms with Crippen molar-refractivity contribution in [2.75, 3.05) is 0 Å². The maximum Gasteiger partial charge on any atom is 0.309 e. The molecule has 0 radical (unpaired) electrons. The highest BCUT2D eigenvalue weighted by Crippen LogP contribution is 2.20. The van der Waals surface area contributed by atoms with Crippen molar-refractivity contribution < 1.29 is 19.1 Å². The fourth-order valence-corrected chi connectivity index (χ4v) is 2.91. The molecule has 0 unspecified atom stereocenters. The molecule has 0 aliphatic rings. The second kappa shape index (κ2) is 12.5. The third kappa shape index (κ3) is 11.5. The van der Waals surface area contributed by atoms with Crippen LogP contribution in [0.25, 0.3) is 0 Å². The summed E-state index contributed by atoms with van der Waals surface area (Å²) in [6, 6.07) is 9.60. The molecule has 1 rings (SSSR count). The van der Waals surface area contributed by atoms with E-state index in [4.69, 9.17) is 9.47 Å². The Morgan fingerprint density at radius 1 is 0.963 bits per heavy atom. The van der Waals surface area contributed by atoms with Crippen molar-refractivity contribution in [2.24, 2.45) is 5.92 Å². The molecule has 4 heteroatoms. The van der Waals surface area contributed by atoms with Gasteiger partial charge in [0.2, 0.25) is 0 Å². The highest BCUT2D eigenvalue weighted by molar-refractivity contribution is 5.80. The van der Waals surface area contributed by atoms with Gasteiger partial charge in [-0.2, -0.15) is 0 Å². The Balaban J connectivity index is 2.54. The van der Waals surface area contributed by atoms with Gasteiger partial charge < -0.3 is 9.47 Å². The lowest BCUT2D eigenvalue weighted by atomic mass is 9.97. The average molecular weight is 377 g/mol. The number of ether oxygens (including phenoxy) is 2. The molecule has 0 saturated heterocycles. The van der Waals surface area contributed by atoms with Crippen LogP contribution in [-0.2, 0) is 25.7 Å². The van der Waals surface area contributed by atoms with Gasteiger partial charge in [-0.25, -0.2) is 0 Å². The van der Waals surface area contributed by atoms with Gasteiger partial charge in [0.1, 0.15) is 12.2 Å². The summed E-state index contributed by atoms with van der Waals surface area (Å²) in [6.07, 6.45) is 7.62. The van der Waals surface area contributed by atoms with Crippen LogP contribution in [0.2, 0.25) is 0 Å². The summed E-state index contributed by atoms with van der Waals surface area (Å²) in [6.45, 7) is 7.94. The molecular weight excluding hydrogens is 340 g/mol. The Morgan fingerprint density at radius 2 is 1.59 bits per heavy atom. The minimum atomic E-state index is -0.546. The highest BCUT2D eigenvalue weighted by atomic mass is 16.6. The van der Waals surface area contributed by atoms with E-state index in [1.807, 2.05) is 51.1 Å². The van der Waals surface area contributed by atoms with Crippen LogP contribution in [0.3, 0.4) is 0 Å². The average Bonchev–Trinajstić information content (AvgIpc) is 2.61. The number of esters is 2. The van der Waals surface area contributed by atoms with Crippen LogP contribution in [0.15, 0.2) is 30.3 Å². The second-order valence-corrected chi connectivity index (χ2v) is 8.14. The van der Waals surface area contributed by atoms with E-state index < -0.39 is 11.5 Å². The van der Waals surface area contributed by atoms with Crippen LogP contribution in [0.4, 0.5) is 0 Å². The number of hydrogen-bond acceptors (Lipinski definition) is 4. The van der Waals surface area contributed by atoms with E-state index in [2.05, 4.69) is 6.92 Å². The van der Waals surface area contributed by atoms with E-state index >= 15 is 0 Å². The zero-order valence-electron chi connectivity index (χ0n) is 17.5. The molecule has 0 spiro atoms. The Bertz CT molecular complexity index is 545. The summed E-state index contributed by atoms with van der Waals surface area (Å²) in [4.78, 5) is 24.7. The van der Waals surface area contributed by atoms with Gasteiger partial charge in [0.15, 0.2) is 0 Å². The Labute approximate surface area is 164 Å². The fraction of sp³-hybridized carbons (Fsp3) is 0.652. The molecule has 27 heavy (non-hydrogen) atoms. The second-order valence-electron chi connectivity index (χ2n) is 8.14.